The Bertz CT molecular complexity index is 1170. The number of aromatic nitrogens is 1. The summed E-state index contributed by atoms with van der Waals surface area (Å²) in [4.78, 5) is 28.1. The van der Waals surface area contributed by atoms with Crippen LogP contribution >= 0.6 is 12.2 Å². The van der Waals surface area contributed by atoms with Crippen LogP contribution in [0.4, 0.5) is 10.1 Å². The molecule has 2 aromatic rings. The SMILES string of the molecule is CCn1cc(C(=O)O)c(=O)c2cc(F)c(N3CCN(C(=S)N[C@@H]4C[C@@H]5CC[C@@H]4C5)CC3)cc21. The molecule has 0 amide bonds. The minimum atomic E-state index is -1.31. The van der Waals surface area contributed by atoms with Gasteiger partial charge in [-0.15, -0.1) is 0 Å². The number of pyridine rings is 1. The van der Waals surface area contributed by atoms with Gasteiger partial charge in [-0.2, -0.15) is 0 Å². The van der Waals surface area contributed by atoms with E-state index in [0.29, 0.717) is 50.0 Å². The molecule has 0 unspecified atom stereocenters. The maximum absolute atomic E-state index is 15.1. The van der Waals surface area contributed by atoms with Crippen molar-refractivity contribution in [1.29, 1.82) is 0 Å². The van der Waals surface area contributed by atoms with Gasteiger partial charge in [0.05, 0.1) is 11.2 Å². The molecule has 3 aliphatic rings. The van der Waals surface area contributed by atoms with Crippen LogP contribution in [0.1, 0.15) is 43.0 Å². The van der Waals surface area contributed by atoms with Crippen LogP contribution in [0.3, 0.4) is 0 Å². The number of hydrogen-bond donors (Lipinski definition) is 2. The number of piperazine rings is 1. The molecule has 2 bridgehead atoms. The van der Waals surface area contributed by atoms with Gasteiger partial charge in [-0.1, -0.05) is 6.42 Å². The third kappa shape index (κ3) is 3.96. The quantitative estimate of drug-likeness (QED) is 0.663. The second-order valence-corrected chi connectivity index (χ2v) is 9.88. The summed E-state index contributed by atoms with van der Waals surface area (Å²) in [6, 6.07) is 3.34. The predicted molar refractivity (Wildman–Crippen MR) is 130 cm³/mol. The Kier molecular flexibility index (Phi) is 5.76. The van der Waals surface area contributed by atoms with E-state index in [-0.39, 0.29) is 10.9 Å². The van der Waals surface area contributed by atoms with Crippen molar-refractivity contribution in [3.05, 3.63) is 39.9 Å². The first-order valence-corrected chi connectivity index (χ1v) is 12.2. The van der Waals surface area contributed by atoms with Gasteiger partial charge in [0.2, 0.25) is 5.43 Å². The molecular formula is C24H29FN4O3S. The summed E-state index contributed by atoms with van der Waals surface area (Å²) in [5.74, 6) is -0.213. The molecule has 33 heavy (non-hydrogen) atoms. The van der Waals surface area contributed by atoms with Crippen LogP contribution < -0.4 is 15.6 Å². The second-order valence-electron chi connectivity index (χ2n) is 9.49. The summed E-state index contributed by atoms with van der Waals surface area (Å²) in [5.41, 5.74) is -0.0327. The van der Waals surface area contributed by atoms with Gasteiger partial charge in [0.25, 0.3) is 0 Å². The van der Waals surface area contributed by atoms with Crippen molar-refractivity contribution in [3.8, 4) is 0 Å². The number of carboxylic acids is 1. The highest BCUT2D eigenvalue weighted by Gasteiger charge is 2.40. The Labute approximate surface area is 197 Å². The van der Waals surface area contributed by atoms with Crippen LogP contribution in [0, 0.1) is 17.7 Å². The molecule has 176 valence electrons. The smallest absolute Gasteiger partial charge is 0.341 e. The van der Waals surface area contributed by atoms with E-state index in [1.54, 1.807) is 10.6 Å². The number of halogens is 1. The standard InChI is InChI=1S/C24H29FN4O3S/c1-2-27-13-17(23(31)32)22(30)16-11-18(25)21(12-20(16)27)28-5-7-29(8-6-28)24(33)26-19-10-14-3-4-15(19)9-14/h11-15,19H,2-10H2,1H3,(H,26,33)(H,31,32)/t14-,15-,19-/m1/s1. The molecule has 5 rings (SSSR count). The van der Waals surface area contributed by atoms with Crippen molar-refractivity contribution >= 4 is 39.9 Å². The van der Waals surface area contributed by atoms with Crippen LogP contribution in [0.25, 0.3) is 10.9 Å². The van der Waals surface area contributed by atoms with Gasteiger partial charge in [0, 0.05) is 50.3 Å². The summed E-state index contributed by atoms with van der Waals surface area (Å²) in [6.45, 7) is 4.96. The molecule has 3 atom stereocenters. The van der Waals surface area contributed by atoms with Gasteiger partial charge in [-0.05, 0) is 62.4 Å². The normalized spacial score (nSPS) is 24.5. The summed E-state index contributed by atoms with van der Waals surface area (Å²) < 4.78 is 16.8. The maximum Gasteiger partial charge on any atom is 0.341 e. The number of benzene rings is 1. The van der Waals surface area contributed by atoms with Crippen LogP contribution in [0.2, 0.25) is 0 Å². The monoisotopic (exact) mass is 472 g/mol. The van der Waals surface area contributed by atoms with E-state index < -0.39 is 17.2 Å². The Hall–Kier alpha value is -2.68. The fourth-order valence-corrected chi connectivity index (χ4v) is 6.21. The van der Waals surface area contributed by atoms with Gasteiger partial charge in [-0.3, -0.25) is 4.79 Å². The average molecular weight is 473 g/mol. The number of carbonyl (C=O) groups is 1. The summed E-state index contributed by atoms with van der Waals surface area (Å²) in [6.07, 6.45) is 6.54. The summed E-state index contributed by atoms with van der Waals surface area (Å²) in [7, 11) is 0. The zero-order valence-corrected chi connectivity index (χ0v) is 19.5. The van der Waals surface area contributed by atoms with E-state index in [4.69, 9.17) is 12.2 Å². The highest BCUT2D eigenvalue weighted by Crippen LogP contribution is 2.44. The topological polar surface area (TPSA) is 77.8 Å². The number of thiocarbonyl (C=S) groups is 1. The van der Waals surface area contributed by atoms with Crippen molar-refractivity contribution in [3.63, 3.8) is 0 Å². The molecule has 3 fully saturated rings. The molecule has 1 aromatic heterocycles. The molecule has 7 nitrogen and oxygen atoms in total. The number of hydrogen-bond acceptors (Lipinski definition) is 4. The van der Waals surface area contributed by atoms with E-state index in [2.05, 4.69) is 10.2 Å². The van der Waals surface area contributed by atoms with E-state index >= 15 is 4.39 Å². The molecule has 0 spiro atoms. The highest BCUT2D eigenvalue weighted by atomic mass is 32.1. The minimum Gasteiger partial charge on any atom is -0.477 e. The summed E-state index contributed by atoms with van der Waals surface area (Å²) >= 11 is 5.69. The molecule has 0 radical (unpaired) electrons. The van der Waals surface area contributed by atoms with Crippen LogP contribution in [-0.2, 0) is 6.54 Å². The van der Waals surface area contributed by atoms with E-state index in [1.165, 1.54) is 37.9 Å². The van der Waals surface area contributed by atoms with Gasteiger partial charge in [-0.25, -0.2) is 9.18 Å². The lowest BCUT2D eigenvalue weighted by molar-refractivity contribution is 0.0695. The zero-order valence-electron chi connectivity index (χ0n) is 18.7. The third-order valence-corrected chi connectivity index (χ3v) is 8.05. The molecular weight excluding hydrogens is 443 g/mol. The van der Waals surface area contributed by atoms with Crippen LogP contribution in [0.15, 0.2) is 23.1 Å². The summed E-state index contributed by atoms with van der Waals surface area (Å²) in [5, 5.41) is 13.8. The van der Waals surface area contributed by atoms with E-state index in [1.807, 2.05) is 11.8 Å². The average Bonchev–Trinajstić information content (AvgIpc) is 3.42. The molecule has 1 aromatic carbocycles. The lowest BCUT2D eigenvalue weighted by Gasteiger charge is -2.39. The number of nitrogens with zero attached hydrogens (tertiary/aromatic N) is 3. The van der Waals surface area contributed by atoms with Crippen molar-refractivity contribution in [2.24, 2.45) is 11.8 Å². The Morgan fingerprint density at radius 2 is 1.97 bits per heavy atom. The molecule has 1 aliphatic heterocycles. The predicted octanol–water partition coefficient (Wildman–Crippen LogP) is 3.04. The van der Waals surface area contributed by atoms with E-state index in [9.17, 15) is 14.7 Å². The number of fused-ring (bicyclic) bond motifs is 3. The minimum absolute atomic E-state index is 0.0906. The lowest BCUT2D eigenvalue weighted by Crippen LogP contribution is -2.54. The molecule has 2 N–H and O–H groups in total. The van der Waals surface area contributed by atoms with Crippen molar-refractivity contribution < 1.29 is 14.3 Å². The van der Waals surface area contributed by atoms with Crippen molar-refractivity contribution in [1.82, 2.24) is 14.8 Å². The Balaban J connectivity index is 1.32. The largest absolute Gasteiger partial charge is 0.477 e. The fourth-order valence-electron chi connectivity index (χ4n) is 5.88. The van der Waals surface area contributed by atoms with Gasteiger partial charge in [0.15, 0.2) is 5.11 Å². The van der Waals surface area contributed by atoms with Crippen molar-refractivity contribution in [2.75, 3.05) is 31.1 Å². The Morgan fingerprint density at radius 1 is 1.21 bits per heavy atom. The number of aryl methyl sites for hydroxylation is 1. The molecule has 1 saturated heterocycles. The van der Waals surface area contributed by atoms with Gasteiger partial charge < -0.3 is 24.8 Å². The van der Waals surface area contributed by atoms with E-state index in [0.717, 1.165) is 16.9 Å². The fraction of sp³-hybridized carbons (Fsp3) is 0.542. The molecule has 2 heterocycles. The third-order valence-electron chi connectivity index (χ3n) is 7.67. The van der Waals surface area contributed by atoms with Crippen molar-refractivity contribution in [2.45, 2.75) is 45.2 Å². The van der Waals surface area contributed by atoms with Crippen LogP contribution in [0.5, 0.6) is 0 Å². The highest BCUT2D eigenvalue weighted by molar-refractivity contribution is 7.80. The number of carboxylic acid groups (broad SMARTS) is 1. The Morgan fingerprint density at radius 3 is 2.58 bits per heavy atom. The first-order chi connectivity index (χ1) is 15.9. The lowest BCUT2D eigenvalue weighted by atomic mass is 9.95. The number of anilines is 1. The molecule has 2 saturated carbocycles. The number of nitrogens with one attached hydrogen (secondary N) is 1. The second kappa shape index (κ2) is 8.59. The number of aromatic carboxylic acids is 1. The first kappa shape index (κ1) is 22.1. The van der Waals surface area contributed by atoms with Gasteiger partial charge >= 0.3 is 5.97 Å². The number of rotatable bonds is 4. The van der Waals surface area contributed by atoms with Crippen LogP contribution in [-0.4, -0.2) is 57.9 Å². The maximum atomic E-state index is 15.1. The zero-order chi connectivity index (χ0) is 23.3. The first-order valence-electron chi connectivity index (χ1n) is 11.8. The molecule has 9 heteroatoms. The van der Waals surface area contributed by atoms with Gasteiger partial charge in [0.1, 0.15) is 11.4 Å². The molecule has 2 aliphatic carbocycles.